The molecule has 0 saturated heterocycles. The lowest BCUT2D eigenvalue weighted by molar-refractivity contribution is 0.432. The average Bonchev–Trinajstić information content (AvgIpc) is 3.19. The number of sulfonamides is 1. The van der Waals surface area contributed by atoms with Crippen molar-refractivity contribution in [2.75, 3.05) is 0 Å². The SMILES string of the molecule is NS(=O)(=O)c1ccccc1Cc1ccc(-c2nc(-c3ccncc3)no2)cc1. The lowest BCUT2D eigenvalue weighted by atomic mass is 10.0. The van der Waals surface area contributed by atoms with E-state index in [-0.39, 0.29) is 4.90 Å². The van der Waals surface area contributed by atoms with Gasteiger partial charge in [-0.1, -0.05) is 35.5 Å². The van der Waals surface area contributed by atoms with E-state index >= 15 is 0 Å². The van der Waals surface area contributed by atoms with Gasteiger partial charge in [0.1, 0.15) is 0 Å². The Balaban J connectivity index is 1.57. The molecule has 2 heterocycles. The summed E-state index contributed by atoms with van der Waals surface area (Å²) in [5.74, 6) is 0.895. The van der Waals surface area contributed by atoms with Gasteiger partial charge in [0.05, 0.1) is 4.90 Å². The van der Waals surface area contributed by atoms with Gasteiger partial charge in [-0.15, -0.1) is 0 Å². The van der Waals surface area contributed by atoms with Crippen LogP contribution in [0.4, 0.5) is 0 Å². The second kappa shape index (κ2) is 7.34. The molecule has 0 spiro atoms. The maximum Gasteiger partial charge on any atom is 0.258 e. The summed E-state index contributed by atoms with van der Waals surface area (Å²) in [5, 5.41) is 9.30. The Kier molecular flexibility index (Phi) is 4.72. The number of hydrogen-bond donors (Lipinski definition) is 1. The first-order chi connectivity index (χ1) is 13.5. The van der Waals surface area contributed by atoms with Gasteiger partial charge in [0.25, 0.3) is 5.89 Å². The second-order valence-electron chi connectivity index (χ2n) is 6.19. The van der Waals surface area contributed by atoms with Crippen LogP contribution < -0.4 is 5.14 Å². The fraction of sp³-hybridized carbons (Fsp3) is 0.0500. The van der Waals surface area contributed by atoms with Gasteiger partial charge in [-0.25, -0.2) is 13.6 Å². The first kappa shape index (κ1) is 18.0. The van der Waals surface area contributed by atoms with Crippen molar-refractivity contribution >= 4 is 10.0 Å². The topological polar surface area (TPSA) is 112 Å². The van der Waals surface area contributed by atoms with E-state index in [9.17, 15) is 8.42 Å². The van der Waals surface area contributed by atoms with Crippen molar-refractivity contribution in [3.8, 4) is 22.8 Å². The van der Waals surface area contributed by atoms with E-state index in [1.807, 2.05) is 24.3 Å². The van der Waals surface area contributed by atoms with E-state index in [0.717, 1.165) is 16.7 Å². The summed E-state index contributed by atoms with van der Waals surface area (Å²) in [4.78, 5) is 8.52. The number of hydrogen-bond acceptors (Lipinski definition) is 6. The Morgan fingerprint density at radius 1 is 0.893 bits per heavy atom. The van der Waals surface area contributed by atoms with Crippen molar-refractivity contribution in [3.63, 3.8) is 0 Å². The molecule has 0 amide bonds. The first-order valence-corrected chi connectivity index (χ1v) is 9.99. The van der Waals surface area contributed by atoms with Crippen molar-refractivity contribution in [1.82, 2.24) is 15.1 Å². The minimum atomic E-state index is -3.77. The molecule has 0 saturated carbocycles. The summed E-state index contributed by atoms with van der Waals surface area (Å²) in [6.45, 7) is 0. The highest BCUT2D eigenvalue weighted by Crippen LogP contribution is 2.24. The normalized spacial score (nSPS) is 11.5. The highest BCUT2D eigenvalue weighted by atomic mass is 32.2. The van der Waals surface area contributed by atoms with Gasteiger partial charge in [-0.05, 0) is 47.9 Å². The van der Waals surface area contributed by atoms with Crippen LogP contribution in [-0.2, 0) is 16.4 Å². The van der Waals surface area contributed by atoms with E-state index in [1.165, 1.54) is 6.07 Å². The third-order valence-electron chi connectivity index (χ3n) is 4.24. The van der Waals surface area contributed by atoms with E-state index in [4.69, 9.17) is 9.66 Å². The molecule has 8 heteroatoms. The number of nitrogens with two attached hydrogens (primary N) is 1. The van der Waals surface area contributed by atoms with Gasteiger partial charge >= 0.3 is 0 Å². The Labute approximate surface area is 161 Å². The van der Waals surface area contributed by atoms with Gasteiger partial charge in [0.2, 0.25) is 15.8 Å². The predicted octanol–water partition coefficient (Wildman–Crippen LogP) is 3.04. The van der Waals surface area contributed by atoms with Gasteiger partial charge in [-0.3, -0.25) is 4.98 Å². The summed E-state index contributed by atoms with van der Waals surface area (Å²) >= 11 is 0. The van der Waals surface area contributed by atoms with E-state index in [0.29, 0.717) is 23.7 Å². The van der Waals surface area contributed by atoms with Crippen LogP contribution in [0.2, 0.25) is 0 Å². The molecule has 0 fully saturated rings. The number of nitrogens with zero attached hydrogens (tertiary/aromatic N) is 3. The quantitative estimate of drug-likeness (QED) is 0.559. The molecular weight excluding hydrogens is 376 g/mol. The Hall–Kier alpha value is -3.36. The smallest absolute Gasteiger partial charge is 0.258 e. The predicted molar refractivity (Wildman–Crippen MR) is 104 cm³/mol. The molecule has 4 aromatic rings. The lowest BCUT2D eigenvalue weighted by Gasteiger charge is -2.08. The largest absolute Gasteiger partial charge is 0.334 e. The van der Waals surface area contributed by atoms with Crippen molar-refractivity contribution in [2.45, 2.75) is 11.3 Å². The Bertz CT molecular complexity index is 1200. The maximum atomic E-state index is 11.7. The van der Waals surface area contributed by atoms with Crippen molar-refractivity contribution < 1.29 is 12.9 Å². The average molecular weight is 392 g/mol. The van der Waals surface area contributed by atoms with Crippen molar-refractivity contribution in [1.29, 1.82) is 0 Å². The molecular formula is C20H16N4O3S. The second-order valence-corrected chi connectivity index (χ2v) is 7.72. The minimum Gasteiger partial charge on any atom is -0.334 e. The molecule has 0 aliphatic heterocycles. The molecule has 0 aliphatic rings. The summed E-state index contributed by atoms with van der Waals surface area (Å²) < 4.78 is 28.8. The molecule has 7 nitrogen and oxygen atoms in total. The minimum absolute atomic E-state index is 0.137. The zero-order chi connectivity index (χ0) is 19.6. The fourth-order valence-corrected chi connectivity index (χ4v) is 3.65. The zero-order valence-electron chi connectivity index (χ0n) is 14.7. The molecule has 4 rings (SSSR count). The lowest BCUT2D eigenvalue weighted by Crippen LogP contribution is -2.14. The van der Waals surface area contributed by atoms with E-state index in [1.54, 1.807) is 42.7 Å². The number of pyridine rings is 1. The van der Waals surface area contributed by atoms with Crippen LogP contribution in [0.15, 0.2) is 82.5 Å². The van der Waals surface area contributed by atoms with Crippen LogP contribution in [0, 0.1) is 0 Å². The van der Waals surface area contributed by atoms with Gasteiger partial charge in [0, 0.05) is 23.5 Å². The van der Waals surface area contributed by atoms with E-state index < -0.39 is 10.0 Å². The zero-order valence-corrected chi connectivity index (χ0v) is 15.5. The van der Waals surface area contributed by atoms with Gasteiger partial charge in [-0.2, -0.15) is 4.98 Å². The van der Waals surface area contributed by atoms with Crippen LogP contribution in [0.25, 0.3) is 22.8 Å². The van der Waals surface area contributed by atoms with Crippen LogP contribution in [0.5, 0.6) is 0 Å². The molecule has 140 valence electrons. The monoisotopic (exact) mass is 392 g/mol. The number of aromatic nitrogens is 3. The molecule has 28 heavy (non-hydrogen) atoms. The highest BCUT2D eigenvalue weighted by molar-refractivity contribution is 7.89. The first-order valence-electron chi connectivity index (χ1n) is 8.45. The maximum absolute atomic E-state index is 11.7. The van der Waals surface area contributed by atoms with E-state index in [2.05, 4.69) is 15.1 Å². The molecule has 0 unspecified atom stereocenters. The van der Waals surface area contributed by atoms with Gasteiger partial charge in [0.15, 0.2) is 0 Å². The molecule has 2 aromatic carbocycles. The third kappa shape index (κ3) is 3.83. The van der Waals surface area contributed by atoms with Crippen molar-refractivity contribution in [3.05, 3.63) is 84.2 Å². The van der Waals surface area contributed by atoms with Crippen molar-refractivity contribution in [2.24, 2.45) is 5.14 Å². The fourth-order valence-electron chi connectivity index (χ4n) is 2.87. The van der Waals surface area contributed by atoms with Crippen LogP contribution in [0.3, 0.4) is 0 Å². The molecule has 0 radical (unpaired) electrons. The van der Waals surface area contributed by atoms with Crippen LogP contribution in [-0.4, -0.2) is 23.5 Å². The summed E-state index contributed by atoms with van der Waals surface area (Å²) in [6.07, 6.45) is 3.78. The Morgan fingerprint density at radius 3 is 2.32 bits per heavy atom. The summed E-state index contributed by atoms with van der Waals surface area (Å²) in [7, 11) is -3.77. The standard InChI is InChI=1S/C20H16N4O3S/c21-28(25,26)18-4-2-1-3-17(18)13-14-5-7-16(8-6-14)20-23-19(24-27-20)15-9-11-22-12-10-15/h1-12H,13H2,(H2,21,25,26). The van der Waals surface area contributed by atoms with Gasteiger partial charge < -0.3 is 4.52 Å². The highest BCUT2D eigenvalue weighted by Gasteiger charge is 2.14. The number of primary sulfonamides is 1. The Morgan fingerprint density at radius 2 is 1.61 bits per heavy atom. The molecule has 0 aliphatic carbocycles. The number of rotatable bonds is 5. The van der Waals surface area contributed by atoms with Crippen LogP contribution in [0.1, 0.15) is 11.1 Å². The molecule has 0 atom stereocenters. The van der Waals surface area contributed by atoms with Crippen LogP contribution >= 0.6 is 0 Å². The molecule has 0 bridgehead atoms. The number of benzene rings is 2. The summed E-state index contributed by atoms with van der Waals surface area (Å²) in [5.41, 5.74) is 3.18. The third-order valence-corrected chi connectivity index (χ3v) is 5.25. The molecule has 2 aromatic heterocycles. The summed E-state index contributed by atoms with van der Waals surface area (Å²) in [6, 6.07) is 17.8. The molecule has 2 N–H and O–H groups in total.